The summed E-state index contributed by atoms with van der Waals surface area (Å²) in [6.07, 6.45) is 4.56. The van der Waals surface area contributed by atoms with E-state index in [-0.39, 0.29) is 5.91 Å². The lowest BCUT2D eigenvalue weighted by molar-refractivity contribution is 0.0697. The average Bonchev–Trinajstić information content (AvgIpc) is 2.38. The molecule has 1 unspecified atom stereocenters. The zero-order valence-corrected chi connectivity index (χ0v) is 9.82. The fourth-order valence-corrected chi connectivity index (χ4v) is 2.11. The van der Waals surface area contributed by atoms with Crippen molar-refractivity contribution in [2.24, 2.45) is 0 Å². The number of likely N-dealkylation sites (tertiary alicyclic amines) is 1. The smallest absolute Gasteiger partial charge is 0.255 e. The van der Waals surface area contributed by atoms with Crippen LogP contribution >= 0.6 is 0 Å². The van der Waals surface area contributed by atoms with Gasteiger partial charge in [-0.2, -0.15) is 0 Å². The lowest BCUT2D eigenvalue weighted by atomic mass is 10.1. The fourth-order valence-electron chi connectivity index (χ4n) is 2.11. The zero-order chi connectivity index (χ0) is 12.3. The first-order chi connectivity index (χ1) is 8.20. The predicted molar refractivity (Wildman–Crippen MR) is 62.2 cm³/mol. The quantitative estimate of drug-likeness (QED) is 0.836. The van der Waals surface area contributed by atoms with Crippen molar-refractivity contribution in [2.75, 3.05) is 20.1 Å². The van der Waals surface area contributed by atoms with Crippen LogP contribution in [0.25, 0.3) is 0 Å². The number of hydrogen-bond donors (Lipinski definition) is 1. The summed E-state index contributed by atoms with van der Waals surface area (Å²) in [5.74, 6) is -0.616. The second-order valence-corrected chi connectivity index (χ2v) is 4.27. The Bertz CT molecular complexity index is 410. The summed E-state index contributed by atoms with van der Waals surface area (Å²) in [6.45, 7) is 1.40. The van der Waals surface area contributed by atoms with Gasteiger partial charge < -0.3 is 10.2 Å². The number of nitrogens with zero attached hydrogens (tertiary/aromatic N) is 2. The van der Waals surface area contributed by atoms with Crippen molar-refractivity contribution in [2.45, 2.75) is 18.9 Å². The number of carbonyl (C=O) groups is 1. The topological polar surface area (TPSA) is 45.2 Å². The van der Waals surface area contributed by atoms with E-state index in [0.717, 1.165) is 25.6 Å². The third-order valence-electron chi connectivity index (χ3n) is 3.07. The Morgan fingerprint density at radius 1 is 1.59 bits per heavy atom. The number of halogens is 1. The van der Waals surface area contributed by atoms with Crippen LogP contribution < -0.4 is 5.32 Å². The monoisotopic (exact) mass is 237 g/mol. The number of carbonyl (C=O) groups excluding carboxylic acids is 1. The summed E-state index contributed by atoms with van der Waals surface area (Å²) in [5, 5.41) is 3.17. The van der Waals surface area contributed by atoms with Gasteiger partial charge in [0.25, 0.3) is 5.91 Å². The molecule has 17 heavy (non-hydrogen) atoms. The molecule has 0 saturated carbocycles. The minimum atomic E-state index is -0.474. The molecule has 92 valence electrons. The van der Waals surface area contributed by atoms with Gasteiger partial charge in [0.15, 0.2) is 0 Å². The summed E-state index contributed by atoms with van der Waals surface area (Å²) >= 11 is 0. The van der Waals surface area contributed by atoms with Crippen molar-refractivity contribution in [1.82, 2.24) is 15.2 Å². The molecule has 4 nitrogen and oxygen atoms in total. The van der Waals surface area contributed by atoms with E-state index in [4.69, 9.17) is 0 Å². The van der Waals surface area contributed by atoms with Gasteiger partial charge in [-0.05, 0) is 26.0 Å². The largest absolute Gasteiger partial charge is 0.337 e. The lowest BCUT2D eigenvalue weighted by Gasteiger charge is -2.32. The van der Waals surface area contributed by atoms with Gasteiger partial charge in [-0.15, -0.1) is 0 Å². The predicted octanol–water partition coefficient (Wildman–Crippen LogP) is 1.04. The van der Waals surface area contributed by atoms with Crippen molar-refractivity contribution in [3.05, 3.63) is 29.8 Å². The van der Waals surface area contributed by atoms with Gasteiger partial charge in [0.05, 0.1) is 11.8 Å². The molecular weight excluding hydrogens is 221 g/mol. The van der Waals surface area contributed by atoms with Crippen LogP contribution in [0.4, 0.5) is 4.39 Å². The van der Waals surface area contributed by atoms with Crippen LogP contribution in [0.5, 0.6) is 0 Å². The Morgan fingerprint density at radius 2 is 2.41 bits per heavy atom. The van der Waals surface area contributed by atoms with Gasteiger partial charge in [0.1, 0.15) is 5.82 Å². The van der Waals surface area contributed by atoms with Crippen LogP contribution in [0.1, 0.15) is 23.2 Å². The number of hydrogen-bond acceptors (Lipinski definition) is 3. The second kappa shape index (κ2) is 5.23. The van der Waals surface area contributed by atoms with E-state index in [9.17, 15) is 9.18 Å². The second-order valence-electron chi connectivity index (χ2n) is 4.27. The molecule has 1 N–H and O–H groups in total. The molecule has 1 atom stereocenters. The molecule has 1 aromatic heterocycles. The number of rotatable bonds is 2. The number of likely N-dealkylation sites (N-methyl/N-ethyl adjacent to an activating group) is 1. The number of pyridine rings is 1. The molecule has 1 aromatic rings. The highest BCUT2D eigenvalue weighted by atomic mass is 19.1. The third-order valence-corrected chi connectivity index (χ3v) is 3.07. The maximum absolute atomic E-state index is 13.0. The number of aromatic nitrogens is 1. The Morgan fingerprint density at radius 3 is 3.12 bits per heavy atom. The minimum Gasteiger partial charge on any atom is -0.337 e. The molecule has 1 aliphatic rings. The van der Waals surface area contributed by atoms with Crippen molar-refractivity contribution in [3.63, 3.8) is 0 Å². The molecule has 1 fully saturated rings. The first-order valence-electron chi connectivity index (χ1n) is 5.78. The molecule has 2 heterocycles. The molecule has 0 spiro atoms. The van der Waals surface area contributed by atoms with Crippen LogP contribution in [0.2, 0.25) is 0 Å². The van der Waals surface area contributed by atoms with E-state index in [2.05, 4.69) is 10.3 Å². The maximum Gasteiger partial charge on any atom is 0.255 e. The van der Waals surface area contributed by atoms with Crippen LogP contribution in [0.3, 0.4) is 0 Å². The highest BCUT2D eigenvalue weighted by molar-refractivity contribution is 5.94. The van der Waals surface area contributed by atoms with Crippen LogP contribution in [0, 0.1) is 5.82 Å². The Hall–Kier alpha value is -1.49. The Kier molecular flexibility index (Phi) is 3.68. The molecule has 1 saturated heterocycles. The molecule has 5 heteroatoms. The fraction of sp³-hybridized carbons (Fsp3) is 0.500. The van der Waals surface area contributed by atoms with Crippen LogP contribution in [-0.4, -0.2) is 42.0 Å². The van der Waals surface area contributed by atoms with Crippen LogP contribution in [0.15, 0.2) is 18.5 Å². The first kappa shape index (κ1) is 12.0. The molecular formula is C12H16FN3O. The van der Waals surface area contributed by atoms with Gasteiger partial charge in [0.2, 0.25) is 0 Å². The minimum absolute atomic E-state index is 0.142. The molecule has 0 radical (unpaired) electrons. The van der Waals surface area contributed by atoms with Gasteiger partial charge in [-0.25, -0.2) is 4.39 Å². The SMILES string of the molecule is CNC1CCCN(C(=O)c2cncc(F)c2)C1. The van der Waals surface area contributed by atoms with Crippen molar-refractivity contribution >= 4 is 5.91 Å². The summed E-state index contributed by atoms with van der Waals surface area (Å²) in [7, 11) is 1.89. The molecule has 1 aliphatic heterocycles. The Labute approximate surface area is 99.8 Å². The molecule has 0 aromatic carbocycles. The van der Waals surface area contributed by atoms with E-state index in [1.54, 1.807) is 4.90 Å². The normalized spacial score (nSPS) is 20.4. The standard InChI is InChI=1S/C12H16FN3O/c1-14-11-3-2-4-16(8-11)12(17)9-5-10(13)7-15-6-9/h5-7,11,14H,2-4,8H2,1H3. The lowest BCUT2D eigenvalue weighted by Crippen LogP contribution is -2.47. The van der Waals surface area contributed by atoms with E-state index in [1.807, 2.05) is 7.05 Å². The third kappa shape index (κ3) is 2.79. The van der Waals surface area contributed by atoms with Gasteiger partial charge in [-0.1, -0.05) is 0 Å². The van der Waals surface area contributed by atoms with Crippen molar-refractivity contribution < 1.29 is 9.18 Å². The summed E-state index contributed by atoms with van der Waals surface area (Å²) in [4.78, 5) is 17.6. The average molecular weight is 237 g/mol. The first-order valence-corrected chi connectivity index (χ1v) is 5.78. The molecule has 1 amide bonds. The van der Waals surface area contributed by atoms with Gasteiger partial charge >= 0.3 is 0 Å². The van der Waals surface area contributed by atoms with E-state index in [0.29, 0.717) is 18.2 Å². The molecule has 2 rings (SSSR count). The van der Waals surface area contributed by atoms with E-state index >= 15 is 0 Å². The highest BCUT2D eigenvalue weighted by Gasteiger charge is 2.23. The van der Waals surface area contributed by atoms with Crippen molar-refractivity contribution in [3.8, 4) is 0 Å². The number of piperidine rings is 1. The van der Waals surface area contributed by atoms with Crippen LogP contribution in [-0.2, 0) is 0 Å². The summed E-state index contributed by atoms with van der Waals surface area (Å²) < 4.78 is 13.0. The Balaban J connectivity index is 2.09. The number of amides is 1. The maximum atomic E-state index is 13.0. The van der Waals surface area contributed by atoms with Crippen molar-refractivity contribution in [1.29, 1.82) is 0 Å². The van der Waals surface area contributed by atoms with Gasteiger partial charge in [0, 0.05) is 25.3 Å². The summed E-state index contributed by atoms with van der Waals surface area (Å²) in [5.41, 5.74) is 0.321. The van der Waals surface area contributed by atoms with E-state index in [1.165, 1.54) is 12.3 Å². The van der Waals surface area contributed by atoms with Gasteiger partial charge in [-0.3, -0.25) is 9.78 Å². The summed E-state index contributed by atoms with van der Waals surface area (Å²) in [6, 6.07) is 1.56. The molecule has 0 aliphatic carbocycles. The van der Waals surface area contributed by atoms with E-state index < -0.39 is 5.82 Å². The number of nitrogens with one attached hydrogen (secondary N) is 1. The zero-order valence-electron chi connectivity index (χ0n) is 9.82. The highest BCUT2D eigenvalue weighted by Crippen LogP contribution is 2.13. The molecule has 0 bridgehead atoms.